The lowest BCUT2D eigenvalue weighted by atomic mass is 9.71. The van der Waals surface area contributed by atoms with Crippen LogP contribution < -0.4 is 5.32 Å². The van der Waals surface area contributed by atoms with E-state index in [0.29, 0.717) is 0 Å². The smallest absolute Gasteiger partial charge is 0.0922 e. The normalized spacial score (nSPS) is 29.5. The molecule has 3 nitrogen and oxygen atoms in total. The minimum atomic E-state index is 0.736. The summed E-state index contributed by atoms with van der Waals surface area (Å²) in [6.45, 7) is 0.952. The van der Waals surface area contributed by atoms with E-state index in [-0.39, 0.29) is 0 Å². The highest BCUT2D eigenvalue weighted by atomic mass is 15.0. The minimum Gasteiger partial charge on any atom is -0.347 e. The molecule has 0 amide bonds. The zero-order valence-electron chi connectivity index (χ0n) is 11.9. The predicted molar refractivity (Wildman–Crippen MR) is 77.7 cm³/mol. The standard InChI is InChI=1S/C16H27N3/c1-2-6-13(7-3-1)15-8-4-5-9-16(15)18-11-14-10-17-12-19-14/h10,12-13,15-16,18H,1-9,11H2,(H,17,19). The van der Waals surface area contributed by atoms with Crippen molar-refractivity contribution in [1.29, 1.82) is 0 Å². The lowest BCUT2D eigenvalue weighted by Gasteiger charge is -2.39. The molecule has 2 N–H and O–H groups in total. The van der Waals surface area contributed by atoms with Gasteiger partial charge in [0.2, 0.25) is 0 Å². The molecular formula is C16H27N3. The van der Waals surface area contributed by atoms with Gasteiger partial charge in [-0.25, -0.2) is 4.98 Å². The Kier molecular flexibility index (Phi) is 4.54. The van der Waals surface area contributed by atoms with Crippen molar-refractivity contribution >= 4 is 0 Å². The van der Waals surface area contributed by atoms with Crippen LogP contribution in [0.4, 0.5) is 0 Å². The van der Waals surface area contributed by atoms with Crippen molar-refractivity contribution in [2.45, 2.75) is 70.4 Å². The fourth-order valence-corrected chi connectivity index (χ4v) is 4.16. The fraction of sp³-hybridized carbons (Fsp3) is 0.812. The summed E-state index contributed by atoms with van der Waals surface area (Å²) in [4.78, 5) is 7.30. The maximum absolute atomic E-state index is 4.10. The topological polar surface area (TPSA) is 40.7 Å². The Labute approximate surface area is 116 Å². The highest BCUT2D eigenvalue weighted by Crippen LogP contribution is 2.38. The third-order valence-electron chi connectivity index (χ3n) is 5.18. The summed E-state index contributed by atoms with van der Waals surface area (Å²) < 4.78 is 0. The Balaban J connectivity index is 1.56. The van der Waals surface area contributed by atoms with E-state index in [2.05, 4.69) is 15.3 Å². The zero-order chi connectivity index (χ0) is 12.9. The average molecular weight is 261 g/mol. The Morgan fingerprint density at radius 2 is 1.84 bits per heavy atom. The van der Waals surface area contributed by atoms with Crippen LogP contribution in [-0.4, -0.2) is 16.0 Å². The van der Waals surface area contributed by atoms with Crippen molar-refractivity contribution in [2.24, 2.45) is 11.8 Å². The van der Waals surface area contributed by atoms with Crippen LogP contribution in [0.5, 0.6) is 0 Å². The molecule has 2 fully saturated rings. The number of aromatic amines is 1. The van der Waals surface area contributed by atoms with Crippen molar-refractivity contribution in [3.05, 3.63) is 18.2 Å². The summed E-state index contributed by atoms with van der Waals surface area (Å²) in [5.74, 6) is 1.92. The van der Waals surface area contributed by atoms with Crippen molar-refractivity contribution in [3.8, 4) is 0 Å². The molecule has 2 aliphatic carbocycles. The van der Waals surface area contributed by atoms with E-state index < -0.39 is 0 Å². The number of hydrogen-bond acceptors (Lipinski definition) is 2. The molecule has 2 atom stereocenters. The van der Waals surface area contributed by atoms with Gasteiger partial charge >= 0.3 is 0 Å². The second kappa shape index (κ2) is 6.56. The van der Waals surface area contributed by atoms with E-state index in [9.17, 15) is 0 Å². The molecule has 1 heterocycles. The van der Waals surface area contributed by atoms with Gasteiger partial charge in [-0.1, -0.05) is 44.9 Å². The highest BCUT2D eigenvalue weighted by Gasteiger charge is 2.32. The molecule has 0 bridgehead atoms. The first-order valence-electron chi connectivity index (χ1n) is 8.14. The van der Waals surface area contributed by atoms with E-state index >= 15 is 0 Å². The predicted octanol–water partition coefficient (Wildman–Crippen LogP) is 3.64. The van der Waals surface area contributed by atoms with Gasteiger partial charge in [0, 0.05) is 24.5 Å². The lowest BCUT2D eigenvalue weighted by Crippen LogP contribution is -2.42. The molecule has 3 heteroatoms. The first-order valence-corrected chi connectivity index (χ1v) is 8.14. The summed E-state index contributed by atoms with van der Waals surface area (Å²) in [7, 11) is 0. The van der Waals surface area contributed by atoms with Crippen molar-refractivity contribution in [3.63, 3.8) is 0 Å². The first-order chi connectivity index (χ1) is 9.43. The quantitative estimate of drug-likeness (QED) is 0.868. The molecule has 3 rings (SSSR count). The summed E-state index contributed by atoms with van der Waals surface area (Å²) in [5, 5.41) is 3.80. The molecule has 1 aromatic rings. The van der Waals surface area contributed by atoms with Crippen molar-refractivity contribution in [2.75, 3.05) is 0 Å². The van der Waals surface area contributed by atoms with Crippen LogP contribution in [0.3, 0.4) is 0 Å². The van der Waals surface area contributed by atoms with E-state index in [0.717, 1.165) is 24.4 Å². The maximum atomic E-state index is 4.10. The molecule has 1 aromatic heterocycles. The second-order valence-electron chi connectivity index (χ2n) is 6.41. The van der Waals surface area contributed by atoms with Gasteiger partial charge in [0.1, 0.15) is 0 Å². The minimum absolute atomic E-state index is 0.736. The number of nitrogens with zero attached hydrogens (tertiary/aromatic N) is 1. The summed E-state index contributed by atoms with van der Waals surface area (Å²) >= 11 is 0. The molecule has 2 saturated carbocycles. The second-order valence-corrected chi connectivity index (χ2v) is 6.41. The molecule has 19 heavy (non-hydrogen) atoms. The van der Waals surface area contributed by atoms with E-state index in [4.69, 9.17) is 0 Å². The monoisotopic (exact) mass is 261 g/mol. The maximum Gasteiger partial charge on any atom is 0.0922 e. The number of aromatic nitrogens is 2. The summed E-state index contributed by atoms with van der Waals surface area (Å²) in [5.41, 5.74) is 1.22. The van der Waals surface area contributed by atoms with Crippen LogP contribution in [0.1, 0.15) is 63.5 Å². The highest BCUT2D eigenvalue weighted by molar-refractivity contribution is 4.95. The van der Waals surface area contributed by atoms with Crippen LogP contribution in [0, 0.1) is 11.8 Å². The first kappa shape index (κ1) is 13.2. The van der Waals surface area contributed by atoms with Crippen molar-refractivity contribution < 1.29 is 0 Å². The van der Waals surface area contributed by atoms with Gasteiger partial charge in [-0.3, -0.25) is 0 Å². The number of hydrogen-bond donors (Lipinski definition) is 2. The average Bonchev–Trinajstić information content (AvgIpc) is 3.00. The van der Waals surface area contributed by atoms with E-state index in [1.165, 1.54) is 63.5 Å². The number of imidazole rings is 1. The van der Waals surface area contributed by atoms with Gasteiger partial charge < -0.3 is 10.3 Å². The fourth-order valence-electron chi connectivity index (χ4n) is 4.16. The SMILES string of the molecule is c1ncc(CNC2CCCCC2C2CCCCC2)[nH]1. The summed E-state index contributed by atoms with van der Waals surface area (Å²) in [6, 6.07) is 0.736. The van der Waals surface area contributed by atoms with Crippen LogP contribution in [0.2, 0.25) is 0 Å². The van der Waals surface area contributed by atoms with Gasteiger partial charge in [0.05, 0.1) is 6.33 Å². The van der Waals surface area contributed by atoms with Crippen LogP contribution >= 0.6 is 0 Å². The van der Waals surface area contributed by atoms with E-state index in [1.807, 2.05) is 6.20 Å². The van der Waals surface area contributed by atoms with Gasteiger partial charge in [-0.15, -0.1) is 0 Å². The molecule has 0 radical (unpaired) electrons. The molecule has 0 aliphatic heterocycles. The largest absolute Gasteiger partial charge is 0.347 e. The molecule has 0 spiro atoms. The number of rotatable bonds is 4. The van der Waals surface area contributed by atoms with Crippen LogP contribution in [0.25, 0.3) is 0 Å². The molecule has 2 aliphatic rings. The third kappa shape index (κ3) is 3.38. The Morgan fingerprint density at radius 1 is 1.05 bits per heavy atom. The number of nitrogens with one attached hydrogen (secondary N) is 2. The van der Waals surface area contributed by atoms with Gasteiger partial charge in [-0.05, 0) is 24.7 Å². The van der Waals surface area contributed by atoms with Crippen LogP contribution in [0.15, 0.2) is 12.5 Å². The molecular weight excluding hydrogens is 234 g/mol. The Hall–Kier alpha value is -0.830. The van der Waals surface area contributed by atoms with E-state index in [1.54, 1.807) is 6.33 Å². The zero-order valence-corrected chi connectivity index (χ0v) is 11.9. The van der Waals surface area contributed by atoms with Gasteiger partial charge in [0.25, 0.3) is 0 Å². The van der Waals surface area contributed by atoms with Crippen molar-refractivity contribution in [1.82, 2.24) is 15.3 Å². The molecule has 106 valence electrons. The third-order valence-corrected chi connectivity index (χ3v) is 5.18. The lowest BCUT2D eigenvalue weighted by molar-refractivity contribution is 0.149. The Morgan fingerprint density at radius 3 is 2.63 bits per heavy atom. The molecule has 0 saturated heterocycles. The number of H-pyrrole nitrogens is 1. The summed E-state index contributed by atoms with van der Waals surface area (Å²) in [6.07, 6.45) is 16.7. The Bertz CT molecular complexity index is 354. The van der Waals surface area contributed by atoms with Gasteiger partial charge in [0.15, 0.2) is 0 Å². The molecule has 2 unspecified atom stereocenters. The molecule has 0 aromatic carbocycles. The van der Waals surface area contributed by atoms with Crippen LogP contribution in [-0.2, 0) is 6.54 Å². The van der Waals surface area contributed by atoms with Gasteiger partial charge in [-0.2, -0.15) is 0 Å².